The molecule has 1 aromatic rings. The van der Waals surface area contributed by atoms with Crippen molar-refractivity contribution < 1.29 is 27.8 Å². The third kappa shape index (κ3) is 7.59. The molecule has 8 nitrogen and oxygen atoms in total. The number of likely N-dealkylation sites (tertiary alicyclic amines) is 1. The molecule has 2 aliphatic heterocycles. The lowest BCUT2D eigenvalue weighted by Gasteiger charge is -2.29. The number of amides is 1. The van der Waals surface area contributed by atoms with Crippen LogP contribution in [-0.4, -0.2) is 74.2 Å². The summed E-state index contributed by atoms with van der Waals surface area (Å²) in [5, 5.41) is 14.1. The molecule has 2 N–H and O–H groups in total. The Kier molecular flexibility index (Phi) is 9.90. The normalized spacial score (nSPS) is 20.7. The van der Waals surface area contributed by atoms with E-state index in [1.807, 2.05) is 12.1 Å². The van der Waals surface area contributed by atoms with E-state index < -0.39 is 22.0 Å². The summed E-state index contributed by atoms with van der Waals surface area (Å²) in [6.45, 7) is 3.50. The first kappa shape index (κ1) is 27.2. The number of unbranched alkanes of at least 4 members (excludes halogenated alkanes) is 2. The summed E-state index contributed by atoms with van der Waals surface area (Å²) in [6, 6.07) is 5.00. The highest BCUT2D eigenvalue weighted by Gasteiger charge is 2.28. The van der Waals surface area contributed by atoms with Crippen LogP contribution in [0.4, 0.5) is 0 Å². The Labute approximate surface area is 215 Å². The van der Waals surface area contributed by atoms with E-state index in [0.717, 1.165) is 58.0 Å². The van der Waals surface area contributed by atoms with Crippen molar-refractivity contribution in [1.82, 2.24) is 10.2 Å². The number of carbonyl (C=O) groups is 1. The lowest BCUT2D eigenvalue weighted by Crippen LogP contribution is -2.46. The summed E-state index contributed by atoms with van der Waals surface area (Å²) >= 11 is 0. The van der Waals surface area contributed by atoms with E-state index in [0.29, 0.717) is 62.5 Å². The van der Waals surface area contributed by atoms with E-state index in [1.54, 1.807) is 6.07 Å². The summed E-state index contributed by atoms with van der Waals surface area (Å²) in [6.07, 6.45) is 8.44. The van der Waals surface area contributed by atoms with Gasteiger partial charge in [0, 0.05) is 13.0 Å². The van der Waals surface area contributed by atoms with Crippen LogP contribution in [0.15, 0.2) is 18.2 Å². The number of aliphatic hydroxyl groups excluding tert-OH is 1. The fourth-order valence-corrected chi connectivity index (χ4v) is 7.57. The third-order valence-electron chi connectivity index (χ3n) is 7.68. The van der Waals surface area contributed by atoms with Crippen LogP contribution >= 0.6 is 0 Å². The van der Waals surface area contributed by atoms with Crippen LogP contribution in [0.2, 0.25) is 0 Å². The second-order valence-electron chi connectivity index (χ2n) is 10.5. The van der Waals surface area contributed by atoms with Crippen molar-refractivity contribution in [3.8, 4) is 11.5 Å². The van der Waals surface area contributed by atoms with Crippen LogP contribution in [-0.2, 0) is 14.6 Å². The average molecular weight is 523 g/mol. The van der Waals surface area contributed by atoms with Gasteiger partial charge in [0.25, 0.3) is 0 Å². The maximum atomic E-state index is 12.8. The summed E-state index contributed by atoms with van der Waals surface area (Å²) in [5.41, 5.74) is 0.691. The molecule has 9 heteroatoms. The van der Waals surface area contributed by atoms with E-state index in [1.165, 1.54) is 0 Å². The minimum Gasteiger partial charge on any atom is -0.486 e. The first-order valence-electron chi connectivity index (χ1n) is 13.7. The van der Waals surface area contributed by atoms with Crippen molar-refractivity contribution in [2.45, 2.75) is 88.0 Å². The van der Waals surface area contributed by atoms with Crippen molar-refractivity contribution >= 4 is 15.7 Å². The van der Waals surface area contributed by atoms with Crippen LogP contribution in [0.1, 0.15) is 82.3 Å². The van der Waals surface area contributed by atoms with Gasteiger partial charge < -0.3 is 24.8 Å². The minimum atomic E-state index is -3.02. The number of benzene rings is 1. The van der Waals surface area contributed by atoms with Crippen LogP contribution in [0.5, 0.6) is 11.5 Å². The third-order valence-corrected chi connectivity index (χ3v) is 10.0. The Hall–Kier alpha value is -1.84. The molecule has 202 valence electrons. The highest BCUT2D eigenvalue weighted by molar-refractivity contribution is 7.92. The molecule has 1 aromatic carbocycles. The molecule has 2 atom stereocenters. The molecule has 0 radical (unpaired) electrons. The van der Waals surface area contributed by atoms with Gasteiger partial charge in [0.2, 0.25) is 5.91 Å². The molecular formula is C27H42N2O6S. The number of sulfone groups is 1. The molecule has 0 spiro atoms. The lowest BCUT2D eigenvalue weighted by molar-refractivity contribution is -0.123. The molecule has 1 amide bonds. The molecule has 1 aliphatic carbocycles. The number of fused-ring (bicyclic) bond motifs is 1. The molecule has 3 aliphatic rings. The van der Waals surface area contributed by atoms with Crippen LogP contribution in [0.25, 0.3) is 0 Å². The predicted octanol–water partition coefficient (Wildman–Crippen LogP) is 3.38. The van der Waals surface area contributed by atoms with Gasteiger partial charge in [-0.15, -0.1) is 0 Å². The van der Waals surface area contributed by atoms with Crippen LogP contribution < -0.4 is 14.8 Å². The van der Waals surface area contributed by atoms with E-state index in [4.69, 9.17) is 9.47 Å². The number of ether oxygens (including phenoxy) is 2. The maximum absolute atomic E-state index is 12.8. The first-order chi connectivity index (χ1) is 17.4. The van der Waals surface area contributed by atoms with Gasteiger partial charge in [0.15, 0.2) is 21.3 Å². The van der Waals surface area contributed by atoms with Crippen molar-refractivity contribution in [3.63, 3.8) is 0 Å². The Morgan fingerprint density at radius 3 is 2.47 bits per heavy atom. The Balaban J connectivity index is 1.27. The molecule has 36 heavy (non-hydrogen) atoms. The molecule has 1 saturated heterocycles. The number of hydrogen-bond donors (Lipinski definition) is 2. The number of carbonyl (C=O) groups excluding carboxylic acids is 1. The zero-order valence-corrected chi connectivity index (χ0v) is 22.1. The standard InChI is InChI=1S/C27H42N2O6S/c30-26(11-5-2-8-18-36(32,33)22-9-3-1-4-10-22)28-23(20-29-14-6-7-15-29)27(31)21-12-13-24-25(19-21)35-17-16-34-24/h12-13,19,22-23,27,31H,1-11,14-18,20H2,(H,28,30)/t23-,27-/m1/s1. The Morgan fingerprint density at radius 2 is 1.72 bits per heavy atom. The maximum Gasteiger partial charge on any atom is 0.220 e. The molecule has 0 bridgehead atoms. The van der Waals surface area contributed by atoms with Gasteiger partial charge in [-0.3, -0.25) is 4.79 Å². The van der Waals surface area contributed by atoms with Crippen LogP contribution in [0.3, 0.4) is 0 Å². The molecule has 4 rings (SSSR count). The van der Waals surface area contributed by atoms with Gasteiger partial charge in [-0.1, -0.05) is 31.7 Å². The van der Waals surface area contributed by atoms with Crippen molar-refractivity contribution in [2.75, 3.05) is 38.6 Å². The smallest absolute Gasteiger partial charge is 0.220 e. The molecule has 0 aromatic heterocycles. The largest absolute Gasteiger partial charge is 0.486 e. The minimum absolute atomic E-state index is 0.106. The number of hydrogen-bond acceptors (Lipinski definition) is 7. The van der Waals surface area contributed by atoms with Crippen LogP contribution in [0, 0.1) is 0 Å². The number of aliphatic hydroxyl groups is 1. The van der Waals surface area contributed by atoms with Crippen molar-refractivity contribution in [3.05, 3.63) is 23.8 Å². The quantitative estimate of drug-likeness (QED) is 0.406. The lowest BCUT2D eigenvalue weighted by atomic mass is 10.0. The van der Waals surface area contributed by atoms with Gasteiger partial charge in [-0.05, 0) is 69.3 Å². The summed E-state index contributed by atoms with van der Waals surface area (Å²) < 4.78 is 36.4. The SMILES string of the molecule is O=C(CCCCCS(=O)(=O)C1CCCCC1)N[C@H](CN1CCCC1)[C@H](O)c1ccc2c(c1)OCCO2. The van der Waals surface area contributed by atoms with E-state index in [2.05, 4.69) is 10.2 Å². The average Bonchev–Trinajstić information content (AvgIpc) is 3.41. The summed E-state index contributed by atoms with van der Waals surface area (Å²) in [7, 11) is -3.02. The predicted molar refractivity (Wildman–Crippen MR) is 139 cm³/mol. The second kappa shape index (κ2) is 13.1. The molecule has 2 fully saturated rings. The summed E-state index contributed by atoms with van der Waals surface area (Å²) in [4.78, 5) is 15.1. The highest BCUT2D eigenvalue weighted by Crippen LogP contribution is 2.33. The zero-order chi connectivity index (χ0) is 25.4. The van der Waals surface area contributed by atoms with E-state index in [-0.39, 0.29) is 16.9 Å². The second-order valence-corrected chi connectivity index (χ2v) is 12.9. The van der Waals surface area contributed by atoms with Gasteiger partial charge in [0.1, 0.15) is 19.3 Å². The fraction of sp³-hybridized carbons (Fsp3) is 0.741. The van der Waals surface area contributed by atoms with Gasteiger partial charge in [0.05, 0.1) is 17.0 Å². The fourth-order valence-electron chi connectivity index (χ4n) is 5.58. The molecule has 0 unspecified atom stereocenters. The molecule has 1 saturated carbocycles. The Bertz CT molecular complexity index is 957. The summed E-state index contributed by atoms with van der Waals surface area (Å²) in [5.74, 6) is 1.40. The Morgan fingerprint density at radius 1 is 1.00 bits per heavy atom. The topological polar surface area (TPSA) is 105 Å². The number of rotatable bonds is 12. The van der Waals surface area contributed by atoms with Crippen molar-refractivity contribution in [2.24, 2.45) is 0 Å². The number of nitrogens with one attached hydrogen (secondary N) is 1. The van der Waals surface area contributed by atoms with Gasteiger partial charge >= 0.3 is 0 Å². The van der Waals surface area contributed by atoms with E-state index in [9.17, 15) is 18.3 Å². The first-order valence-corrected chi connectivity index (χ1v) is 15.4. The molecule has 2 heterocycles. The zero-order valence-electron chi connectivity index (χ0n) is 21.3. The highest BCUT2D eigenvalue weighted by atomic mass is 32.2. The van der Waals surface area contributed by atoms with Crippen molar-refractivity contribution in [1.29, 1.82) is 0 Å². The number of nitrogens with zero attached hydrogens (tertiary/aromatic N) is 1. The monoisotopic (exact) mass is 522 g/mol. The molecular weight excluding hydrogens is 480 g/mol. The van der Waals surface area contributed by atoms with Gasteiger partial charge in [-0.2, -0.15) is 0 Å². The van der Waals surface area contributed by atoms with Gasteiger partial charge in [-0.25, -0.2) is 8.42 Å². The van der Waals surface area contributed by atoms with E-state index >= 15 is 0 Å².